The van der Waals surface area contributed by atoms with E-state index in [2.05, 4.69) is 5.32 Å². The number of likely N-dealkylation sites (N-methyl/N-ethyl adjacent to an activating group) is 1. The average Bonchev–Trinajstić information content (AvgIpc) is 2.16. The van der Waals surface area contributed by atoms with Gasteiger partial charge in [-0.3, -0.25) is 4.79 Å². The standard InChI is InChI=1S/C11H15NO2.H2S/c1-8-3-5-9(6-4-8)7-10(12-2)11(13)14;/h3-6,10,12H,7H2,1-2H3,(H,13,14);1H2/t10-;/m0./s1. The summed E-state index contributed by atoms with van der Waals surface area (Å²) in [5.74, 6) is -0.812. The lowest BCUT2D eigenvalue weighted by Crippen LogP contribution is -2.35. The molecule has 0 aliphatic heterocycles. The highest BCUT2D eigenvalue weighted by molar-refractivity contribution is 7.59. The summed E-state index contributed by atoms with van der Waals surface area (Å²) < 4.78 is 0. The molecule has 0 unspecified atom stereocenters. The van der Waals surface area contributed by atoms with Gasteiger partial charge in [0.2, 0.25) is 0 Å². The number of nitrogens with one attached hydrogen (secondary N) is 1. The molecule has 84 valence electrons. The lowest BCUT2D eigenvalue weighted by molar-refractivity contribution is -0.139. The lowest BCUT2D eigenvalue weighted by Gasteiger charge is -2.10. The quantitative estimate of drug-likeness (QED) is 0.815. The van der Waals surface area contributed by atoms with Gasteiger partial charge >= 0.3 is 5.97 Å². The number of rotatable bonds is 4. The first kappa shape index (κ1) is 14.0. The van der Waals surface area contributed by atoms with Crippen LogP contribution in [-0.4, -0.2) is 24.2 Å². The Morgan fingerprint density at radius 1 is 1.40 bits per heavy atom. The van der Waals surface area contributed by atoms with E-state index >= 15 is 0 Å². The molecule has 0 aromatic heterocycles. The van der Waals surface area contributed by atoms with E-state index in [0.29, 0.717) is 6.42 Å². The molecule has 0 heterocycles. The molecule has 1 aromatic carbocycles. The lowest BCUT2D eigenvalue weighted by atomic mass is 10.0. The normalized spacial score (nSPS) is 11.6. The summed E-state index contributed by atoms with van der Waals surface area (Å²) in [5.41, 5.74) is 2.22. The predicted molar refractivity (Wildman–Crippen MR) is 65.7 cm³/mol. The Hall–Kier alpha value is -1.00. The Balaban J connectivity index is 0.00000196. The molecule has 1 aromatic rings. The highest BCUT2D eigenvalue weighted by Gasteiger charge is 2.14. The van der Waals surface area contributed by atoms with Crippen molar-refractivity contribution in [3.63, 3.8) is 0 Å². The van der Waals surface area contributed by atoms with Gasteiger partial charge in [-0.25, -0.2) is 0 Å². The second-order valence-electron chi connectivity index (χ2n) is 3.37. The highest BCUT2D eigenvalue weighted by Crippen LogP contribution is 2.06. The molecular weight excluding hydrogens is 210 g/mol. The SMILES string of the molecule is CN[C@@H](Cc1ccc(C)cc1)C(=O)O.S. The monoisotopic (exact) mass is 227 g/mol. The van der Waals surface area contributed by atoms with Gasteiger partial charge in [0, 0.05) is 0 Å². The third-order valence-corrected chi connectivity index (χ3v) is 2.21. The van der Waals surface area contributed by atoms with Gasteiger partial charge in [0.15, 0.2) is 0 Å². The van der Waals surface area contributed by atoms with E-state index in [-0.39, 0.29) is 13.5 Å². The zero-order valence-corrected chi connectivity index (χ0v) is 9.95. The first-order chi connectivity index (χ1) is 6.63. The van der Waals surface area contributed by atoms with Crippen molar-refractivity contribution in [2.45, 2.75) is 19.4 Å². The first-order valence-electron chi connectivity index (χ1n) is 4.59. The van der Waals surface area contributed by atoms with Crippen LogP contribution in [0.5, 0.6) is 0 Å². The zero-order chi connectivity index (χ0) is 10.6. The number of aryl methyl sites for hydroxylation is 1. The molecule has 1 atom stereocenters. The summed E-state index contributed by atoms with van der Waals surface area (Å²) in [5, 5.41) is 11.6. The van der Waals surface area contributed by atoms with E-state index in [1.165, 1.54) is 5.56 Å². The Kier molecular flexibility index (Phi) is 6.05. The maximum absolute atomic E-state index is 10.7. The third kappa shape index (κ3) is 4.36. The van der Waals surface area contributed by atoms with Crippen LogP contribution in [0.4, 0.5) is 0 Å². The van der Waals surface area contributed by atoms with Crippen LogP contribution < -0.4 is 5.32 Å². The molecule has 0 radical (unpaired) electrons. The summed E-state index contributed by atoms with van der Waals surface area (Å²) in [7, 11) is 1.66. The summed E-state index contributed by atoms with van der Waals surface area (Å²) >= 11 is 0. The van der Waals surface area contributed by atoms with Gasteiger partial charge in [0.05, 0.1) is 0 Å². The van der Waals surface area contributed by atoms with Crippen LogP contribution in [0.3, 0.4) is 0 Å². The topological polar surface area (TPSA) is 49.3 Å². The Bertz CT molecular complexity index is 311. The number of carboxylic acid groups (broad SMARTS) is 1. The van der Waals surface area contributed by atoms with Crippen molar-refractivity contribution < 1.29 is 9.90 Å². The number of hydrogen-bond acceptors (Lipinski definition) is 2. The van der Waals surface area contributed by atoms with Gasteiger partial charge in [-0.1, -0.05) is 29.8 Å². The summed E-state index contributed by atoms with van der Waals surface area (Å²) in [6.07, 6.45) is 0.520. The molecule has 3 nitrogen and oxygen atoms in total. The molecule has 0 aliphatic rings. The highest BCUT2D eigenvalue weighted by atomic mass is 32.1. The molecular formula is C11H17NO2S. The van der Waals surface area contributed by atoms with Crippen LogP contribution in [-0.2, 0) is 11.2 Å². The number of carboxylic acids is 1. The molecule has 0 saturated heterocycles. The Labute approximate surface area is 97.0 Å². The summed E-state index contributed by atoms with van der Waals surface area (Å²) in [4.78, 5) is 10.7. The van der Waals surface area contributed by atoms with E-state index in [0.717, 1.165) is 5.56 Å². The van der Waals surface area contributed by atoms with Gasteiger partial charge < -0.3 is 10.4 Å². The molecule has 0 bridgehead atoms. The molecule has 0 saturated carbocycles. The predicted octanol–water partition coefficient (Wildman–Crippen LogP) is 1.32. The summed E-state index contributed by atoms with van der Waals surface area (Å²) in [6.45, 7) is 2.01. The van der Waals surface area contributed by atoms with E-state index < -0.39 is 12.0 Å². The number of carbonyl (C=O) groups is 1. The van der Waals surface area contributed by atoms with Crippen molar-refractivity contribution in [2.24, 2.45) is 0 Å². The maximum atomic E-state index is 10.7. The Morgan fingerprint density at radius 3 is 2.33 bits per heavy atom. The van der Waals surface area contributed by atoms with Crippen molar-refractivity contribution in [1.29, 1.82) is 0 Å². The van der Waals surface area contributed by atoms with Crippen molar-refractivity contribution in [1.82, 2.24) is 5.32 Å². The van der Waals surface area contributed by atoms with Crippen LogP contribution in [0.25, 0.3) is 0 Å². The molecule has 0 aliphatic carbocycles. The minimum absolute atomic E-state index is 0. The fourth-order valence-electron chi connectivity index (χ4n) is 1.27. The van der Waals surface area contributed by atoms with Crippen LogP contribution in [0, 0.1) is 6.92 Å². The van der Waals surface area contributed by atoms with Gasteiger partial charge in [-0.15, -0.1) is 0 Å². The first-order valence-corrected chi connectivity index (χ1v) is 4.59. The molecule has 15 heavy (non-hydrogen) atoms. The fraction of sp³-hybridized carbons (Fsp3) is 0.364. The molecule has 2 N–H and O–H groups in total. The van der Waals surface area contributed by atoms with Crippen molar-refractivity contribution in [3.8, 4) is 0 Å². The second kappa shape index (κ2) is 6.48. The van der Waals surface area contributed by atoms with Crippen LogP contribution in [0.15, 0.2) is 24.3 Å². The van der Waals surface area contributed by atoms with E-state index in [1.54, 1.807) is 7.05 Å². The molecule has 0 fully saturated rings. The third-order valence-electron chi connectivity index (χ3n) is 2.21. The second-order valence-corrected chi connectivity index (χ2v) is 3.37. The Morgan fingerprint density at radius 2 is 1.93 bits per heavy atom. The van der Waals surface area contributed by atoms with Crippen molar-refractivity contribution in [3.05, 3.63) is 35.4 Å². The minimum atomic E-state index is -0.812. The van der Waals surface area contributed by atoms with Gasteiger partial charge in [0.1, 0.15) is 6.04 Å². The number of hydrogen-bond donors (Lipinski definition) is 2. The van der Waals surface area contributed by atoms with Crippen molar-refractivity contribution >= 4 is 19.5 Å². The van der Waals surface area contributed by atoms with Crippen molar-refractivity contribution in [2.75, 3.05) is 7.05 Å². The van der Waals surface area contributed by atoms with Crippen LogP contribution >= 0.6 is 13.5 Å². The minimum Gasteiger partial charge on any atom is -0.480 e. The summed E-state index contributed by atoms with van der Waals surface area (Å²) in [6, 6.07) is 7.40. The van der Waals surface area contributed by atoms with Crippen LogP contribution in [0.2, 0.25) is 0 Å². The number of aliphatic carboxylic acids is 1. The largest absolute Gasteiger partial charge is 0.480 e. The van der Waals surface area contributed by atoms with Gasteiger partial charge in [0.25, 0.3) is 0 Å². The molecule has 0 spiro atoms. The molecule has 4 heteroatoms. The van der Waals surface area contributed by atoms with Crippen LogP contribution in [0.1, 0.15) is 11.1 Å². The number of benzene rings is 1. The van der Waals surface area contributed by atoms with E-state index in [4.69, 9.17) is 5.11 Å². The maximum Gasteiger partial charge on any atom is 0.321 e. The fourth-order valence-corrected chi connectivity index (χ4v) is 1.27. The van der Waals surface area contributed by atoms with E-state index in [1.807, 2.05) is 31.2 Å². The molecule has 0 amide bonds. The smallest absolute Gasteiger partial charge is 0.321 e. The van der Waals surface area contributed by atoms with Gasteiger partial charge in [-0.2, -0.15) is 13.5 Å². The van der Waals surface area contributed by atoms with E-state index in [9.17, 15) is 4.79 Å². The zero-order valence-electron chi connectivity index (χ0n) is 8.95. The van der Waals surface area contributed by atoms with Gasteiger partial charge in [-0.05, 0) is 26.0 Å². The molecule has 1 rings (SSSR count). The average molecular weight is 227 g/mol.